The number of halogens is 1. The standard InChI is InChI=1S/C19H20ClN5O2S/c20-9-3-8-17(26)22-16-11-14(15-7-4-10-28-15)24-25(16)19-21-13-6-2-1-5-12(13)18(27)23-19/h4,7,10-11H,1-3,5-6,8-9H2,(H,22,26)(H,21,23,27). The summed E-state index contributed by atoms with van der Waals surface area (Å²) in [5, 5.41) is 9.44. The second kappa shape index (κ2) is 8.28. The van der Waals surface area contributed by atoms with Crippen molar-refractivity contribution in [3.8, 4) is 16.5 Å². The Morgan fingerprint density at radius 3 is 3.00 bits per heavy atom. The molecule has 4 rings (SSSR count). The minimum Gasteiger partial charge on any atom is -0.310 e. The Balaban J connectivity index is 1.75. The lowest BCUT2D eigenvalue weighted by Crippen LogP contribution is -2.24. The lowest BCUT2D eigenvalue weighted by Gasteiger charge is -2.15. The minimum absolute atomic E-state index is 0.132. The predicted molar refractivity (Wildman–Crippen MR) is 111 cm³/mol. The summed E-state index contributed by atoms with van der Waals surface area (Å²) >= 11 is 7.24. The van der Waals surface area contributed by atoms with Crippen LogP contribution in [0.1, 0.15) is 36.9 Å². The number of hydrogen-bond donors (Lipinski definition) is 2. The highest BCUT2D eigenvalue weighted by Gasteiger charge is 2.20. The number of carbonyl (C=O) groups excluding carboxylic acids is 1. The maximum atomic E-state index is 12.5. The molecule has 0 saturated heterocycles. The van der Waals surface area contributed by atoms with Crippen LogP contribution in [0, 0.1) is 0 Å². The molecule has 0 atom stereocenters. The van der Waals surface area contributed by atoms with Crippen molar-refractivity contribution in [2.24, 2.45) is 0 Å². The van der Waals surface area contributed by atoms with E-state index >= 15 is 0 Å². The predicted octanol–water partition coefficient (Wildman–Crippen LogP) is 3.52. The first-order valence-electron chi connectivity index (χ1n) is 9.28. The van der Waals surface area contributed by atoms with Gasteiger partial charge in [-0.25, -0.2) is 4.98 Å². The molecule has 1 aliphatic rings. The van der Waals surface area contributed by atoms with Gasteiger partial charge < -0.3 is 5.32 Å². The highest BCUT2D eigenvalue weighted by Crippen LogP contribution is 2.27. The highest BCUT2D eigenvalue weighted by atomic mass is 35.5. The second-order valence-corrected chi connectivity index (χ2v) is 7.99. The molecule has 1 amide bonds. The normalized spacial score (nSPS) is 13.3. The van der Waals surface area contributed by atoms with Crippen molar-refractivity contribution < 1.29 is 4.79 Å². The molecule has 0 aromatic carbocycles. The molecule has 7 nitrogen and oxygen atoms in total. The van der Waals surface area contributed by atoms with Crippen LogP contribution < -0.4 is 10.9 Å². The van der Waals surface area contributed by atoms with Crippen molar-refractivity contribution in [1.82, 2.24) is 19.7 Å². The van der Waals surface area contributed by atoms with E-state index in [1.807, 2.05) is 17.5 Å². The SMILES string of the molecule is O=C(CCCCl)Nc1cc(-c2cccs2)nn1-c1nc2c(c(=O)[nH]1)CCCC2. The third-order valence-electron chi connectivity index (χ3n) is 4.67. The highest BCUT2D eigenvalue weighted by molar-refractivity contribution is 7.13. The number of aryl methyl sites for hydroxylation is 1. The lowest BCUT2D eigenvalue weighted by molar-refractivity contribution is -0.116. The van der Waals surface area contributed by atoms with Crippen LogP contribution in [0.15, 0.2) is 28.4 Å². The van der Waals surface area contributed by atoms with Crippen LogP contribution in [-0.2, 0) is 17.6 Å². The van der Waals surface area contributed by atoms with E-state index in [0.717, 1.165) is 41.8 Å². The molecular formula is C19H20ClN5O2S. The Labute approximate surface area is 170 Å². The van der Waals surface area contributed by atoms with Crippen LogP contribution in [0.2, 0.25) is 0 Å². The Kier molecular flexibility index (Phi) is 5.59. The molecule has 0 unspecified atom stereocenters. The first-order chi connectivity index (χ1) is 13.7. The van der Waals surface area contributed by atoms with Crippen molar-refractivity contribution in [2.45, 2.75) is 38.5 Å². The Morgan fingerprint density at radius 2 is 2.21 bits per heavy atom. The molecule has 0 spiro atoms. The van der Waals surface area contributed by atoms with E-state index in [9.17, 15) is 9.59 Å². The first kappa shape index (κ1) is 18.9. The zero-order valence-corrected chi connectivity index (χ0v) is 16.8. The van der Waals surface area contributed by atoms with Crippen LogP contribution >= 0.6 is 22.9 Å². The van der Waals surface area contributed by atoms with Crippen LogP contribution in [0.25, 0.3) is 16.5 Å². The summed E-state index contributed by atoms with van der Waals surface area (Å²) in [5.74, 6) is 1.06. The third-order valence-corrected chi connectivity index (χ3v) is 5.83. The van der Waals surface area contributed by atoms with Gasteiger partial charge in [-0.15, -0.1) is 22.9 Å². The Morgan fingerprint density at radius 1 is 1.36 bits per heavy atom. The van der Waals surface area contributed by atoms with Crippen molar-refractivity contribution in [2.75, 3.05) is 11.2 Å². The van der Waals surface area contributed by atoms with Gasteiger partial charge in [-0.05, 0) is 43.6 Å². The van der Waals surface area contributed by atoms with E-state index in [4.69, 9.17) is 11.6 Å². The zero-order valence-electron chi connectivity index (χ0n) is 15.2. The van der Waals surface area contributed by atoms with E-state index in [2.05, 4.69) is 20.4 Å². The number of rotatable bonds is 6. The van der Waals surface area contributed by atoms with Gasteiger partial charge in [0.15, 0.2) is 0 Å². The van der Waals surface area contributed by atoms with Gasteiger partial charge >= 0.3 is 0 Å². The number of nitrogens with zero attached hydrogens (tertiary/aromatic N) is 3. The fourth-order valence-corrected chi connectivity index (χ4v) is 4.11. The third kappa shape index (κ3) is 3.88. The molecular weight excluding hydrogens is 398 g/mol. The van der Waals surface area contributed by atoms with Gasteiger partial charge in [-0.2, -0.15) is 9.78 Å². The van der Waals surface area contributed by atoms with Gasteiger partial charge in [0.2, 0.25) is 11.9 Å². The molecule has 0 bridgehead atoms. The summed E-state index contributed by atoms with van der Waals surface area (Å²) in [6, 6.07) is 5.69. The molecule has 3 aromatic heterocycles. The monoisotopic (exact) mass is 417 g/mol. The number of carbonyl (C=O) groups is 1. The first-order valence-corrected chi connectivity index (χ1v) is 10.7. The van der Waals surface area contributed by atoms with Gasteiger partial charge in [0.1, 0.15) is 11.5 Å². The van der Waals surface area contributed by atoms with Crippen molar-refractivity contribution >= 4 is 34.7 Å². The molecule has 0 radical (unpaired) electrons. The summed E-state index contributed by atoms with van der Waals surface area (Å²) in [4.78, 5) is 33.2. The smallest absolute Gasteiger partial charge is 0.255 e. The molecule has 0 saturated carbocycles. The summed E-state index contributed by atoms with van der Waals surface area (Å²) in [7, 11) is 0. The lowest BCUT2D eigenvalue weighted by atomic mass is 9.97. The molecule has 0 fully saturated rings. The van der Waals surface area contributed by atoms with E-state index in [1.165, 1.54) is 4.68 Å². The minimum atomic E-state index is -0.153. The summed E-state index contributed by atoms with van der Waals surface area (Å²) in [6.07, 6.45) is 4.46. The number of nitrogens with one attached hydrogen (secondary N) is 2. The molecule has 28 heavy (non-hydrogen) atoms. The molecule has 0 aliphatic heterocycles. The number of aromatic nitrogens is 4. The van der Waals surface area contributed by atoms with Crippen molar-refractivity contribution in [3.05, 3.63) is 45.2 Å². The average Bonchev–Trinajstić information content (AvgIpc) is 3.36. The summed E-state index contributed by atoms with van der Waals surface area (Å²) in [5.41, 5.74) is 2.15. The molecule has 3 aromatic rings. The van der Waals surface area contributed by atoms with Crippen LogP contribution in [0.5, 0.6) is 0 Å². The zero-order chi connectivity index (χ0) is 19.5. The van der Waals surface area contributed by atoms with Gasteiger partial charge in [0.05, 0.1) is 10.6 Å². The van der Waals surface area contributed by atoms with Gasteiger partial charge in [0, 0.05) is 23.9 Å². The van der Waals surface area contributed by atoms with E-state index in [1.54, 1.807) is 17.4 Å². The number of anilines is 1. The molecule has 1 aliphatic carbocycles. The van der Waals surface area contributed by atoms with Gasteiger partial charge in [-0.1, -0.05) is 6.07 Å². The number of thiophene rings is 1. The Hall–Kier alpha value is -2.45. The number of hydrogen-bond acceptors (Lipinski definition) is 5. The number of amides is 1. The average molecular weight is 418 g/mol. The van der Waals surface area contributed by atoms with Crippen molar-refractivity contribution in [1.29, 1.82) is 0 Å². The number of H-pyrrole nitrogens is 1. The van der Waals surface area contributed by atoms with Crippen LogP contribution in [0.4, 0.5) is 5.82 Å². The molecule has 3 heterocycles. The van der Waals surface area contributed by atoms with Crippen molar-refractivity contribution in [3.63, 3.8) is 0 Å². The maximum Gasteiger partial charge on any atom is 0.255 e. The molecule has 2 N–H and O–H groups in total. The number of fused-ring (bicyclic) bond motifs is 1. The van der Waals surface area contributed by atoms with Gasteiger partial charge in [0.25, 0.3) is 5.56 Å². The molecule has 146 valence electrons. The topological polar surface area (TPSA) is 92.7 Å². The number of alkyl halides is 1. The fourth-order valence-electron chi connectivity index (χ4n) is 3.30. The second-order valence-electron chi connectivity index (χ2n) is 6.67. The van der Waals surface area contributed by atoms with E-state index in [-0.39, 0.29) is 11.5 Å². The van der Waals surface area contributed by atoms with Gasteiger partial charge in [-0.3, -0.25) is 14.6 Å². The van der Waals surface area contributed by atoms with E-state index < -0.39 is 0 Å². The quantitative estimate of drug-likeness (QED) is 0.600. The van der Waals surface area contributed by atoms with Crippen LogP contribution in [0.3, 0.4) is 0 Å². The van der Waals surface area contributed by atoms with E-state index in [0.29, 0.717) is 36.2 Å². The largest absolute Gasteiger partial charge is 0.310 e. The fraction of sp³-hybridized carbons (Fsp3) is 0.368. The summed E-state index contributed by atoms with van der Waals surface area (Å²) in [6.45, 7) is 0. The summed E-state index contributed by atoms with van der Waals surface area (Å²) < 4.78 is 1.50. The maximum absolute atomic E-state index is 12.5. The molecule has 9 heteroatoms. The Bertz CT molecular complexity index is 1040. The van der Waals surface area contributed by atoms with Crippen LogP contribution in [-0.4, -0.2) is 31.5 Å². The number of aromatic amines is 1.